The first kappa shape index (κ1) is 24.6. The van der Waals surface area contributed by atoms with Gasteiger partial charge in [-0.2, -0.15) is 5.10 Å². The molecule has 3 aromatic carbocycles. The Balaban J connectivity index is 1.86. The summed E-state index contributed by atoms with van der Waals surface area (Å²) in [5.74, 6) is -0.670. The van der Waals surface area contributed by atoms with Crippen LogP contribution in [0.2, 0.25) is 0 Å². The van der Waals surface area contributed by atoms with E-state index in [9.17, 15) is 23.3 Å². The van der Waals surface area contributed by atoms with E-state index in [4.69, 9.17) is 0 Å². The van der Waals surface area contributed by atoms with Gasteiger partial charge in [-0.3, -0.25) is 19.2 Å². The fourth-order valence-electron chi connectivity index (χ4n) is 3.31. The molecule has 0 spiro atoms. The molecule has 0 radical (unpaired) electrons. The van der Waals surface area contributed by atoms with Crippen molar-refractivity contribution in [3.8, 4) is 0 Å². The van der Waals surface area contributed by atoms with Crippen LogP contribution in [0.4, 0.5) is 11.4 Å². The van der Waals surface area contributed by atoms with Crippen molar-refractivity contribution < 1.29 is 18.1 Å². The van der Waals surface area contributed by atoms with Crippen LogP contribution in [0, 0.1) is 30.9 Å². The van der Waals surface area contributed by atoms with E-state index in [-0.39, 0.29) is 10.6 Å². The molecule has 0 bridgehead atoms. The number of nitro benzene ring substituents is 1. The minimum absolute atomic E-state index is 0.0603. The molecule has 3 rings (SSSR count). The molecule has 34 heavy (non-hydrogen) atoms. The van der Waals surface area contributed by atoms with Crippen molar-refractivity contribution in [1.29, 1.82) is 0 Å². The van der Waals surface area contributed by atoms with Crippen molar-refractivity contribution in [3.05, 3.63) is 99.1 Å². The summed E-state index contributed by atoms with van der Waals surface area (Å²) < 4.78 is 27.9. The predicted molar refractivity (Wildman–Crippen MR) is 130 cm³/mol. The first-order valence-corrected chi connectivity index (χ1v) is 11.7. The van der Waals surface area contributed by atoms with Gasteiger partial charge in [-0.15, -0.1) is 0 Å². The van der Waals surface area contributed by atoms with E-state index in [1.807, 2.05) is 26.8 Å². The van der Waals surface area contributed by atoms with Crippen molar-refractivity contribution in [3.63, 3.8) is 0 Å². The molecule has 3 aromatic rings. The average Bonchev–Trinajstić information content (AvgIpc) is 2.77. The zero-order chi connectivity index (χ0) is 24.9. The Labute approximate surface area is 197 Å². The smallest absolute Gasteiger partial charge is 0.270 e. The highest BCUT2D eigenvalue weighted by atomic mass is 32.2. The zero-order valence-corrected chi connectivity index (χ0v) is 19.7. The van der Waals surface area contributed by atoms with Gasteiger partial charge < -0.3 is 0 Å². The van der Waals surface area contributed by atoms with Gasteiger partial charge in [-0.1, -0.05) is 35.9 Å². The summed E-state index contributed by atoms with van der Waals surface area (Å²) >= 11 is 0. The molecule has 0 aromatic heterocycles. The Bertz CT molecular complexity index is 1330. The topological polar surface area (TPSA) is 122 Å². The number of hydrogen-bond donors (Lipinski definition) is 1. The van der Waals surface area contributed by atoms with E-state index in [0.29, 0.717) is 11.3 Å². The fraction of sp³-hybridized carbons (Fsp3) is 0.167. The summed E-state index contributed by atoms with van der Waals surface area (Å²) in [6, 6.07) is 17.4. The summed E-state index contributed by atoms with van der Waals surface area (Å²) in [5.41, 5.74) is 5.56. The number of rotatable bonds is 8. The molecular weight excluding hydrogens is 456 g/mol. The molecule has 176 valence electrons. The van der Waals surface area contributed by atoms with Gasteiger partial charge in [-0.25, -0.2) is 13.8 Å². The van der Waals surface area contributed by atoms with Crippen LogP contribution in [0.25, 0.3) is 0 Å². The number of nitrogens with zero attached hydrogens (tertiary/aromatic N) is 3. The molecule has 0 atom stereocenters. The largest absolute Gasteiger partial charge is 0.271 e. The second-order valence-electron chi connectivity index (χ2n) is 7.82. The highest BCUT2D eigenvalue weighted by molar-refractivity contribution is 7.92. The summed E-state index contributed by atoms with van der Waals surface area (Å²) in [6.07, 6.45) is 1.25. The Morgan fingerprint density at radius 1 is 1.00 bits per heavy atom. The highest BCUT2D eigenvalue weighted by Crippen LogP contribution is 2.26. The normalized spacial score (nSPS) is 11.4. The molecule has 9 nitrogen and oxygen atoms in total. The maximum Gasteiger partial charge on any atom is 0.270 e. The fourth-order valence-corrected chi connectivity index (χ4v) is 4.72. The van der Waals surface area contributed by atoms with Crippen molar-refractivity contribution in [1.82, 2.24) is 5.43 Å². The van der Waals surface area contributed by atoms with E-state index >= 15 is 0 Å². The quantitative estimate of drug-likeness (QED) is 0.298. The van der Waals surface area contributed by atoms with Crippen molar-refractivity contribution in [2.45, 2.75) is 25.7 Å². The average molecular weight is 481 g/mol. The number of benzene rings is 3. The summed E-state index contributed by atoms with van der Waals surface area (Å²) in [6.45, 7) is 5.03. The van der Waals surface area contributed by atoms with Gasteiger partial charge in [0.1, 0.15) is 6.54 Å². The second-order valence-corrected chi connectivity index (χ2v) is 9.68. The minimum Gasteiger partial charge on any atom is -0.271 e. The second kappa shape index (κ2) is 10.3. The van der Waals surface area contributed by atoms with Crippen LogP contribution in [-0.4, -0.2) is 32.0 Å². The number of nitro groups is 1. The number of hydrogen-bond acceptors (Lipinski definition) is 6. The molecule has 0 aliphatic rings. The van der Waals surface area contributed by atoms with Gasteiger partial charge >= 0.3 is 0 Å². The summed E-state index contributed by atoms with van der Waals surface area (Å²) in [5, 5.41) is 14.7. The first-order chi connectivity index (χ1) is 16.1. The number of hydrazone groups is 1. The molecule has 10 heteroatoms. The van der Waals surface area contributed by atoms with Crippen LogP contribution in [-0.2, 0) is 14.8 Å². The van der Waals surface area contributed by atoms with E-state index in [1.54, 1.807) is 30.3 Å². The van der Waals surface area contributed by atoms with E-state index < -0.39 is 27.4 Å². The Kier molecular flexibility index (Phi) is 7.42. The lowest BCUT2D eigenvalue weighted by atomic mass is 10.1. The third kappa shape index (κ3) is 6.04. The standard InChI is InChI=1S/C24H24N4O5S/c1-17-7-9-23(10-8-17)34(32,33)27(22-12-18(2)11-19(3)13-22)16-24(29)26-25-15-20-5-4-6-21(14-20)28(30)31/h4-15H,16H2,1-3H3,(H,26,29)/b25-15-. The molecule has 0 saturated carbocycles. The maximum atomic E-state index is 13.4. The number of anilines is 1. The third-order valence-electron chi connectivity index (χ3n) is 4.87. The molecule has 0 fully saturated rings. The molecular formula is C24H24N4O5S. The number of amides is 1. The SMILES string of the molecule is Cc1ccc(S(=O)(=O)N(CC(=O)N/N=C\c2cccc([N+](=O)[O-])c2)c2cc(C)cc(C)c2)cc1. The minimum atomic E-state index is -4.05. The molecule has 0 aliphatic carbocycles. The molecule has 0 unspecified atom stereocenters. The van der Waals surface area contributed by atoms with Crippen LogP contribution in [0.3, 0.4) is 0 Å². The Hall–Kier alpha value is -4.05. The number of carbonyl (C=O) groups excluding carboxylic acids is 1. The van der Waals surface area contributed by atoms with Crippen LogP contribution < -0.4 is 9.73 Å². The maximum absolute atomic E-state index is 13.4. The lowest BCUT2D eigenvalue weighted by Crippen LogP contribution is -2.39. The van der Waals surface area contributed by atoms with Gasteiger partial charge in [0, 0.05) is 17.7 Å². The van der Waals surface area contributed by atoms with Crippen LogP contribution in [0.5, 0.6) is 0 Å². The number of aryl methyl sites for hydroxylation is 3. The van der Waals surface area contributed by atoms with Crippen molar-refractivity contribution >= 4 is 33.5 Å². The number of sulfonamides is 1. The summed E-state index contributed by atoms with van der Waals surface area (Å²) in [7, 11) is -4.05. The van der Waals surface area contributed by atoms with E-state index in [0.717, 1.165) is 21.0 Å². The van der Waals surface area contributed by atoms with Crippen molar-refractivity contribution in [2.24, 2.45) is 5.10 Å². The van der Waals surface area contributed by atoms with Gasteiger partial charge in [0.05, 0.1) is 21.7 Å². The van der Waals surface area contributed by atoms with E-state index in [2.05, 4.69) is 10.5 Å². The molecule has 1 N–H and O–H groups in total. The Morgan fingerprint density at radius 3 is 2.26 bits per heavy atom. The van der Waals surface area contributed by atoms with Gasteiger partial charge in [0.15, 0.2) is 0 Å². The van der Waals surface area contributed by atoms with Crippen LogP contribution >= 0.6 is 0 Å². The van der Waals surface area contributed by atoms with E-state index in [1.165, 1.54) is 36.5 Å². The van der Waals surface area contributed by atoms with Crippen LogP contribution in [0.1, 0.15) is 22.3 Å². The lowest BCUT2D eigenvalue weighted by molar-refractivity contribution is -0.384. The Morgan fingerprint density at radius 2 is 1.65 bits per heavy atom. The predicted octanol–water partition coefficient (Wildman–Crippen LogP) is 3.87. The molecule has 0 heterocycles. The summed E-state index contributed by atoms with van der Waals surface area (Å²) in [4.78, 5) is 23.1. The first-order valence-electron chi connectivity index (χ1n) is 10.3. The molecule has 1 amide bonds. The number of nitrogens with one attached hydrogen (secondary N) is 1. The highest BCUT2D eigenvalue weighted by Gasteiger charge is 2.27. The third-order valence-corrected chi connectivity index (χ3v) is 6.66. The molecule has 0 saturated heterocycles. The van der Waals surface area contributed by atoms with Gasteiger partial charge in [-0.05, 0) is 56.2 Å². The van der Waals surface area contributed by atoms with Gasteiger partial charge in [0.25, 0.3) is 21.6 Å². The number of carbonyl (C=O) groups is 1. The molecule has 0 aliphatic heterocycles. The van der Waals surface area contributed by atoms with Crippen molar-refractivity contribution in [2.75, 3.05) is 10.8 Å². The monoisotopic (exact) mass is 480 g/mol. The van der Waals surface area contributed by atoms with Crippen LogP contribution in [0.15, 0.2) is 76.7 Å². The lowest BCUT2D eigenvalue weighted by Gasteiger charge is -2.24. The number of non-ortho nitro benzene ring substituents is 1. The van der Waals surface area contributed by atoms with Gasteiger partial charge in [0.2, 0.25) is 0 Å². The zero-order valence-electron chi connectivity index (χ0n) is 18.9.